The Morgan fingerprint density at radius 3 is 3.00 bits per heavy atom. The fraction of sp³-hybridized carbons (Fsp3) is 0.625. The molecule has 0 aromatic rings. The zero-order chi connectivity index (χ0) is 9.68. The fourth-order valence-corrected chi connectivity index (χ4v) is 1.47. The topological polar surface area (TPSA) is 70.2 Å². The third-order valence-corrected chi connectivity index (χ3v) is 2.10. The average molecular weight is 181 g/mol. The van der Waals surface area contributed by atoms with Crippen molar-refractivity contribution < 1.29 is 4.92 Å². The van der Waals surface area contributed by atoms with E-state index in [4.69, 9.17) is 5.26 Å². The van der Waals surface area contributed by atoms with Crippen molar-refractivity contribution in [2.75, 3.05) is 6.54 Å². The summed E-state index contributed by atoms with van der Waals surface area (Å²) in [4.78, 5) is 11.9. The van der Waals surface area contributed by atoms with E-state index in [1.54, 1.807) is 4.90 Å². The van der Waals surface area contributed by atoms with Crippen LogP contribution in [0.15, 0.2) is 12.3 Å². The highest BCUT2D eigenvalue weighted by Gasteiger charge is 2.28. The molecule has 0 spiro atoms. The zero-order valence-corrected chi connectivity index (χ0v) is 7.22. The summed E-state index contributed by atoms with van der Waals surface area (Å²) in [5, 5.41) is 18.9. The minimum Gasteiger partial charge on any atom is -0.316 e. The lowest BCUT2D eigenvalue weighted by atomic mass is 10.1. The van der Waals surface area contributed by atoms with Crippen LogP contribution in [0.25, 0.3) is 0 Å². The van der Waals surface area contributed by atoms with Crippen molar-refractivity contribution in [2.45, 2.75) is 25.4 Å². The Morgan fingerprint density at radius 1 is 1.62 bits per heavy atom. The summed E-state index contributed by atoms with van der Waals surface area (Å²) in [6, 6.07) is 1.83. The largest absolute Gasteiger partial charge is 0.316 e. The molecule has 0 bridgehead atoms. The SMILES string of the molecule is N#CC=CN1CCCCC1[N+](=O)[O-]. The first-order valence-corrected chi connectivity index (χ1v) is 4.21. The molecule has 1 heterocycles. The van der Waals surface area contributed by atoms with E-state index < -0.39 is 6.17 Å². The first kappa shape index (κ1) is 9.52. The van der Waals surface area contributed by atoms with Gasteiger partial charge in [0.1, 0.15) is 0 Å². The van der Waals surface area contributed by atoms with Crippen LogP contribution in [0.5, 0.6) is 0 Å². The third kappa shape index (κ3) is 2.44. The number of likely N-dealkylation sites (tertiary alicyclic amines) is 1. The number of hydrogen-bond donors (Lipinski definition) is 0. The van der Waals surface area contributed by atoms with Crippen molar-refractivity contribution in [3.05, 3.63) is 22.4 Å². The van der Waals surface area contributed by atoms with Gasteiger partial charge >= 0.3 is 0 Å². The molecule has 1 aliphatic rings. The summed E-state index contributed by atoms with van der Waals surface area (Å²) < 4.78 is 0. The number of allylic oxidation sites excluding steroid dienone is 1. The van der Waals surface area contributed by atoms with Gasteiger partial charge in [-0.3, -0.25) is 10.1 Å². The molecule has 70 valence electrons. The van der Waals surface area contributed by atoms with E-state index in [-0.39, 0.29) is 4.92 Å². The molecule has 5 heteroatoms. The van der Waals surface area contributed by atoms with Gasteiger partial charge in [-0.05, 0) is 12.8 Å². The van der Waals surface area contributed by atoms with Crippen LogP contribution in [0, 0.1) is 21.4 Å². The van der Waals surface area contributed by atoms with Gasteiger partial charge in [-0.15, -0.1) is 0 Å². The van der Waals surface area contributed by atoms with Crippen LogP contribution in [0.2, 0.25) is 0 Å². The van der Waals surface area contributed by atoms with Crippen molar-refractivity contribution in [3.63, 3.8) is 0 Å². The lowest BCUT2D eigenvalue weighted by molar-refractivity contribution is -0.550. The quantitative estimate of drug-likeness (QED) is 0.363. The number of rotatable bonds is 2. The molecule has 0 aromatic carbocycles. The van der Waals surface area contributed by atoms with Gasteiger partial charge in [0.2, 0.25) is 0 Å². The highest BCUT2D eigenvalue weighted by Crippen LogP contribution is 2.17. The predicted octanol–water partition coefficient (Wildman–Crippen LogP) is 1.11. The van der Waals surface area contributed by atoms with Crippen molar-refractivity contribution in [3.8, 4) is 6.07 Å². The number of nitriles is 1. The van der Waals surface area contributed by atoms with Gasteiger partial charge in [0.15, 0.2) is 0 Å². The second-order valence-electron chi connectivity index (χ2n) is 2.94. The van der Waals surface area contributed by atoms with Crippen molar-refractivity contribution in [1.82, 2.24) is 4.90 Å². The minimum atomic E-state index is -0.640. The van der Waals surface area contributed by atoms with Crippen LogP contribution >= 0.6 is 0 Å². The molecule has 1 fully saturated rings. The summed E-state index contributed by atoms with van der Waals surface area (Å²) in [5.74, 6) is 0. The van der Waals surface area contributed by atoms with E-state index in [0.717, 1.165) is 12.8 Å². The lowest BCUT2D eigenvalue weighted by Gasteiger charge is -2.27. The molecule has 0 aromatic heterocycles. The molecule has 1 atom stereocenters. The molecule has 13 heavy (non-hydrogen) atoms. The maximum absolute atomic E-state index is 10.6. The predicted molar refractivity (Wildman–Crippen MR) is 46.1 cm³/mol. The molecular formula is C8H11N3O2. The summed E-state index contributed by atoms with van der Waals surface area (Å²) >= 11 is 0. The Kier molecular flexibility index (Phi) is 3.26. The Hall–Kier alpha value is -1.57. The summed E-state index contributed by atoms with van der Waals surface area (Å²) in [6.07, 6.45) is 4.57. The minimum absolute atomic E-state index is 0.291. The summed E-state index contributed by atoms with van der Waals surface area (Å²) in [5.41, 5.74) is 0. The normalized spacial score (nSPS) is 23.0. The summed E-state index contributed by atoms with van der Waals surface area (Å²) in [7, 11) is 0. The molecule has 0 saturated carbocycles. The molecule has 1 rings (SSSR count). The fourth-order valence-electron chi connectivity index (χ4n) is 1.47. The first-order chi connectivity index (χ1) is 6.25. The molecular weight excluding hydrogens is 170 g/mol. The van der Waals surface area contributed by atoms with E-state index in [0.29, 0.717) is 13.0 Å². The van der Waals surface area contributed by atoms with Crippen LogP contribution in [0.3, 0.4) is 0 Å². The van der Waals surface area contributed by atoms with Gasteiger partial charge in [0.05, 0.1) is 6.07 Å². The number of piperidine rings is 1. The van der Waals surface area contributed by atoms with Crippen LogP contribution < -0.4 is 0 Å². The average Bonchev–Trinajstić information content (AvgIpc) is 2.15. The van der Waals surface area contributed by atoms with Gasteiger partial charge in [-0.1, -0.05) is 0 Å². The molecule has 0 radical (unpaired) electrons. The highest BCUT2D eigenvalue weighted by atomic mass is 16.6. The molecule has 0 N–H and O–H groups in total. The van der Waals surface area contributed by atoms with Crippen molar-refractivity contribution in [2.24, 2.45) is 0 Å². The van der Waals surface area contributed by atoms with E-state index in [1.807, 2.05) is 6.07 Å². The molecule has 0 aliphatic carbocycles. The van der Waals surface area contributed by atoms with Crippen molar-refractivity contribution in [1.29, 1.82) is 5.26 Å². The van der Waals surface area contributed by atoms with Gasteiger partial charge in [-0.2, -0.15) is 5.26 Å². The smallest absolute Gasteiger partial charge is 0.286 e. The van der Waals surface area contributed by atoms with E-state index in [9.17, 15) is 10.1 Å². The molecule has 1 aliphatic heterocycles. The summed E-state index contributed by atoms with van der Waals surface area (Å²) in [6.45, 7) is 0.670. The van der Waals surface area contributed by atoms with E-state index >= 15 is 0 Å². The standard InChI is InChI=1S/C8H11N3O2/c9-5-3-7-10-6-2-1-4-8(10)11(12)13/h3,7-8H,1-2,4,6H2. The van der Waals surface area contributed by atoms with Crippen LogP contribution in [-0.2, 0) is 0 Å². The third-order valence-electron chi connectivity index (χ3n) is 2.10. The van der Waals surface area contributed by atoms with Crippen LogP contribution in [0.4, 0.5) is 0 Å². The van der Waals surface area contributed by atoms with Crippen molar-refractivity contribution >= 4 is 0 Å². The number of hydrogen-bond acceptors (Lipinski definition) is 4. The lowest BCUT2D eigenvalue weighted by Crippen LogP contribution is -2.40. The zero-order valence-electron chi connectivity index (χ0n) is 7.22. The first-order valence-electron chi connectivity index (χ1n) is 4.21. The van der Waals surface area contributed by atoms with E-state index in [1.165, 1.54) is 12.3 Å². The van der Waals surface area contributed by atoms with E-state index in [2.05, 4.69) is 0 Å². The second-order valence-corrected chi connectivity index (χ2v) is 2.94. The van der Waals surface area contributed by atoms with Gasteiger partial charge in [0, 0.05) is 30.2 Å². The maximum Gasteiger partial charge on any atom is 0.286 e. The second kappa shape index (κ2) is 4.45. The van der Waals surface area contributed by atoms with Crippen LogP contribution in [-0.4, -0.2) is 22.5 Å². The Bertz CT molecular complexity index is 257. The molecule has 0 amide bonds. The Labute approximate surface area is 76.4 Å². The Morgan fingerprint density at radius 2 is 2.38 bits per heavy atom. The molecule has 1 saturated heterocycles. The molecule has 5 nitrogen and oxygen atoms in total. The monoisotopic (exact) mass is 181 g/mol. The van der Waals surface area contributed by atoms with Crippen LogP contribution in [0.1, 0.15) is 19.3 Å². The molecule has 1 unspecified atom stereocenters. The van der Waals surface area contributed by atoms with Gasteiger partial charge in [-0.25, -0.2) is 0 Å². The maximum atomic E-state index is 10.6. The number of nitrogens with zero attached hydrogens (tertiary/aromatic N) is 3. The Balaban J connectivity index is 2.63. The van der Waals surface area contributed by atoms with Gasteiger partial charge in [0.25, 0.3) is 6.17 Å². The number of nitro groups is 1. The highest BCUT2D eigenvalue weighted by molar-refractivity contribution is 5.01. The van der Waals surface area contributed by atoms with Gasteiger partial charge < -0.3 is 4.90 Å².